The van der Waals surface area contributed by atoms with Gasteiger partial charge in [0, 0.05) is 12.1 Å². The van der Waals surface area contributed by atoms with Crippen LogP contribution in [0.2, 0.25) is 0 Å². The van der Waals surface area contributed by atoms with Gasteiger partial charge in [0.25, 0.3) is 0 Å². The summed E-state index contributed by atoms with van der Waals surface area (Å²) in [5, 5.41) is 7.23. The second-order valence-electron chi connectivity index (χ2n) is 4.03. The predicted molar refractivity (Wildman–Crippen MR) is 60.2 cm³/mol. The topological polar surface area (TPSA) is 63.8 Å². The molecule has 1 unspecified atom stereocenters. The maximum Gasteiger partial charge on any atom is 0.230 e. The van der Waals surface area contributed by atoms with Crippen LogP contribution in [0.3, 0.4) is 0 Å². The van der Waals surface area contributed by atoms with Gasteiger partial charge in [-0.15, -0.1) is 11.3 Å². The second kappa shape index (κ2) is 3.95. The summed E-state index contributed by atoms with van der Waals surface area (Å²) >= 11 is 1.52. The van der Waals surface area contributed by atoms with Crippen LogP contribution in [0.25, 0.3) is 10.7 Å². The molecule has 3 rings (SSSR count). The van der Waals surface area contributed by atoms with Crippen LogP contribution in [0.5, 0.6) is 0 Å². The zero-order valence-corrected chi connectivity index (χ0v) is 9.70. The first-order chi connectivity index (χ1) is 7.84. The molecule has 1 fully saturated rings. The van der Waals surface area contributed by atoms with Gasteiger partial charge in [0.05, 0.1) is 10.4 Å². The van der Waals surface area contributed by atoms with Gasteiger partial charge < -0.3 is 9.84 Å². The summed E-state index contributed by atoms with van der Waals surface area (Å²) in [5.74, 6) is 2.33. The Morgan fingerprint density at radius 2 is 2.44 bits per heavy atom. The third-order valence-electron chi connectivity index (χ3n) is 3.00. The molecule has 2 aromatic rings. The summed E-state index contributed by atoms with van der Waals surface area (Å²) < 4.78 is 5.30. The van der Waals surface area contributed by atoms with Crippen LogP contribution in [-0.4, -0.2) is 28.2 Å². The highest BCUT2D eigenvalue weighted by atomic mass is 32.1. The molecule has 0 aliphatic carbocycles. The van der Waals surface area contributed by atoms with E-state index >= 15 is 0 Å². The molecule has 1 N–H and O–H groups in total. The Labute approximate surface area is 96.9 Å². The number of hydrogen-bond acceptors (Lipinski definition) is 6. The lowest BCUT2D eigenvalue weighted by Gasteiger charge is -2.30. The van der Waals surface area contributed by atoms with E-state index in [4.69, 9.17) is 4.52 Å². The third-order valence-corrected chi connectivity index (χ3v) is 3.77. The van der Waals surface area contributed by atoms with Gasteiger partial charge in [-0.3, -0.25) is 4.98 Å². The number of aromatic nitrogens is 3. The molecule has 0 radical (unpaired) electrons. The maximum absolute atomic E-state index is 5.30. The van der Waals surface area contributed by atoms with E-state index in [1.807, 2.05) is 0 Å². The molecular formula is C10H12N4OS. The SMILES string of the molecule is CC(c1nc(-c2cncs2)no1)C1CNC1. The Hall–Kier alpha value is -1.27. The van der Waals surface area contributed by atoms with E-state index in [9.17, 15) is 0 Å². The molecule has 0 amide bonds. The van der Waals surface area contributed by atoms with E-state index in [1.54, 1.807) is 11.7 Å². The highest BCUT2D eigenvalue weighted by Crippen LogP contribution is 2.28. The second-order valence-corrected chi connectivity index (χ2v) is 4.92. The third kappa shape index (κ3) is 1.64. The van der Waals surface area contributed by atoms with E-state index in [0.29, 0.717) is 17.7 Å². The van der Waals surface area contributed by atoms with Gasteiger partial charge in [-0.25, -0.2) is 0 Å². The molecule has 84 valence electrons. The van der Waals surface area contributed by atoms with Crippen molar-refractivity contribution in [2.75, 3.05) is 13.1 Å². The molecule has 1 aliphatic rings. The van der Waals surface area contributed by atoms with Gasteiger partial charge in [0.1, 0.15) is 0 Å². The average molecular weight is 236 g/mol. The summed E-state index contributed by atoms with van der Waals surface area (Å²) in [6.07, 6.45) is 1.76. The smallest absolute Gasteiger partial charge is 0.230 e. The molecule has 6 heteroatoms. The number of nitrogens with one attached hydrogen (secondary N) is 1. The molecule has 0 aromatic carbocycles. The van der Waals surface area contributed by atoms with Crippen molar-refractivity contribution >= 4 is 11.3 Å². The largest absolute Gasteiger partial charge is 0.339 e. The van der Waals surface area contributed by atoms with Gasteiger partial charge in [-0.1, -0.05) is 12.1 Å². The van der Waals surface area contributed by atoms with Gasteiger partial charge in [0.15, 0.2) is 0 Å². The van der Waals surface area contributed by atoms with Crippen molar-refractivity contribution in [3.8, 4) is 10.7 Å². The molecule has 0 saturated carbocycles. The highest BCUT2D eigenvalue weighted by molar-refractivity contribution is 7.13. The van der Waals surface area contributed by atoms with Crippen LogP contribution < -0.4 is 5.32 Å². The van der Waals surface area contributed by atoms with Crippen LogP contribution in [0.15, 0.2) is 16.2 Å². The van der Waals surface area contributed by atoms with E-state index < -0.39 is 0 Å². The Morgan fingerprint density at radius 1 is 1.56 bits per heavy atom. The fourth-order valence-corrected chi connectivity index (χ4v) is 2.26. The van der Waals surface area contributed by atoms with Crippen molar-refractivity contribution in [3.63, 3.8) is 0 Å². The van der Waals surface area contributed by atoms with Crippen LogP contribution >= 0.6 is 11.3 Å². The van der Waals surface area contributed by atoms with Crippen molar-refractivity contribution in [2.24, 2.45) is 5.92 Å². The summed E-state index contributed by atoms with van der Waals surface area (Å²) in [5.41, 5.74) is 1.77. The number of nitrogens with zero attached hydrogens (tertiary/aromatic N) is 3. The maximum atomic E-state index is 5.30. The molecule has 1 saturated heterocycles. The molecular weight excluding hydrogens is 224 g/mol. The normalized spacial score (nSPS) is 18.3. The standard InChI is InChI=1S/C10H12N4OS/c1-6(7-2-11-3-7)10-13-9(14-15-10)8-4-12-5-16-8/h4-7,11H,2-3H2,1H3. The van der Waals surface area contributed by atoms with E-state index in [2.05, 4.69) is 27.4 Å². The summed E-state index contributed by atoms with van der Waals surface area (Å²) in [6, 6.07) is 0. The van der Waals surface area contributed by atoms with E-state index in [1.165, 1.54) is 11.3 Å². The summed E-state index contributed by atoms with van der Waals surface area (Å²) in [4.78, 5) is 9.38. The van der Waals surface area contributed by atoms with Crippen molar-refractivity contribution in [3.05, 3.63) is 17.6 Å². The zero-order chi connectivity index (χ0) is 11.0. The monoisotopic (exact) mass is 236 g/mol. The van der Waals surface area contributed by atoms with Crippen molar-refractivity contribution in [2.45, 2.75) is 12.8 Å². The predicted octanol–water partition coefficient (Wildman–Crippen LogP) is 1.52. The molecule has 0 spiro atoms. The Balaban J connectivity index is 1.82. The van der Waals surface area contributed by atoms with Crippen LogP contribution in [-0.2, 0) is 0 Å². The van der Waals surface area contributed by atoms with Crippen LogP contribution in [0, 0.1) is 5.92 Å². The lowest BCUT2D eigenvalue weighted by molar-refractivity contribution is 0.252. The average Bonchev–Trinajstić information content (AvgIpc) is 2.86. The minimum Gasteiger partial charge on any atom is -0.339 e. The first-order valence-electron chi connectivity index (χ1n) is 5.28. The summed E-state index contributed by atoms with van der Waals surface area (Å²) in [6.45, 7) is 4.22. The van der Waals surface area contributed by atoms with Crippen molar-refractivity contribution < 1.29 is 4.52 Å². The lowest BCUT2D eigenvalue weighted by atomic mass is 9.89. The fourth-order valence-electron chi connectivity index (χ4n) is 1.71. The molecule has 1 aliphatic heterocycles. The number of rotatable bonds is 3. The Bertz CT molecular complexity index is 463. The molecule has 16 heavy (non-hydrogen) atoms. The van der Waals surface area contributed by atoms with E-state index in [-0.39, 0.29) is 0 Å². The van der Waals surface area contributed by atoms with Gasteiger partial charge >= 0.3 is 0 Å². The highest BCUT2D eigenvalue weighted by Gasteiger charge is 2.28. The summed E-state index contributed by atoms with van der Waals surface area (Å²) in [7, 11) is 0. The van der Waals surface area contributed by atoms with Gasteiger partial charge in [-0.2, -0.15) is 4.98 Å². The minimum absolute atomic E-state index is 0.329. The molecule has 5 nitrogen and oxygen atoms in total. The van der Waals surface area contributed by atoms with Gasteiger partial charge in [0.2, 0.25) is 11.7 Å². The van der Waals surface area contributed by atoms with Gasteiger partial charge in [-0.05, 0) is 19.0 Å². The minimum atomic E-state index is 0.329. The van der Waals surface area contributed by atoms with E-state index in [0.717, 1.165) is 23.9 Å². The number of hydrogen-bond donors (Lipinski definition) is 1. The lowest BCUT2D eigenvalue weighted by Crippen LogP contribution is -2.44. The molecule has 0 bridgehead atoms. The fraction of sp³-hybridized carbons (Fsp3) is 0.500. The quantitative estimate of drug-likeness (QED) is 0.875. The molecule has 3 heterocycles. The first kappa shape index (κ1) is 9.92. The Kier molecular flexibility index (Phi) is 2.45. The van der Waals surface area contributed by atoms with Crippen LogP contribution in [0.4, 0.5) is 0 Å². The Morgan fingerprint density at radius 3 is 3.06 bits per heavy atom. The first-order valence-corrected chi connectivity index (χ1v) is 6.16. The van der Waals surface area contributed by atoms with Crippen molar-refractivity contribution in [1.29, 1.82) is 0 Å². The molecule has 1 atom stereocenters. The van der Waals surface area contributed by atoms with Crippen LogP contribution in [0.1, 0.15) is 18.7 Å². The van der Waals surface area contributed by atoms with Crippen molar-refractivity contribution in [1.82, 2.24) is 20.4 Å². The molecule has 2 aromatic heterocycles. The zero-order valence-electron chi connectivity index (χ0n) is 8.88. The number of thiazole rings is 1.